The van der Waals surface area contributed by atoms with Crippen LogP contribution in [-0.2, 0) is 13.0 Å². The van der Waals surface area contributed by atoms with Gasteiger partial charge in [0.05, 0.1) is 6.20 Å². The van der Waals surface area contributed by atoms with Crippen LogP contribution in [-0.4, -0.2) is 54.9 Å². The van der Waals surface area contributed by atoms with Crippen molar-refractivity contribution in [3.05, 3.63) is 35.7 Å². The highest BCUT2D eigenvalue weighted by atomic mass is 16.3. The van der Waals surface area contributed by atoms with Crippen LogP contribution in [0.15, 0.2) is 18.6 Å². The number of carbonyl (C=O) groups excluding carboxylic acids is 1. The van der Waals surface area contributed by atoms with Crippen molar-refractivity contribution < 1.29 is 9.90 Å². The van der Waals surface area contributed by atoms with Crippen LogP contribution in [0.2, 0.25) is 0 Å². The van der Waals surface area contributed by atoms with Crippen molar-refractivity contribution in [3.63, 3.8) is 0 Å². The summed E-state index contributed by atoms with van der Waals surface area (Å²) in [4.78, 5) is 19.4. The first-order valence-electron chi connectivity index (χ1n) is 9.57. The van der Waals surface area contributed by atoms with E-state index in [1.54, 1.807) is 0 Å². The summed E-state index contributed by atoms with van der Waals surface area (Å²) in [6.45, 7) is 6.37. The Morgan fingerprint density at radius 3 is 2.85 bits per heavy atom. The number of carbonyl (C=O) groups is 1. The Balaban J connectivity index is 1.52. The molecule has 1 N–H and O–H groups in total. The number of amides is 1. The third-order valence-electron chi connectivity index (χ3n) is 5.67. The van der Waals surface area contributed by atoms with Crippen molar-refractivity contribution in [2.45, 2.75) is 51.6 Å². The second kappa shape index (κ2) is 6.87. The maximum atomic E-state index is 13.0. The summed E-state index contributed by atoms with van der Waals surface area (Å²) in [6.07, 6.45) is 9.05. The molecule has 2 aromatic rings. The van der Waals surface area contributed by atoms with Crippen molar-refractivity contribution in [3.8, 4) is 0 Å². The van der Waals surface area contributed by atoms with Gasteiger partial charge in [0.15, 0.2) is 0 Å². The molecule has 0 saturated carbocycles. The predicted octanol–water partition coefficient (Wildman–Crippen LogP) is 1.84. The molecule has 4 heterocycles. The van der Waals surface area contributed by atoms with Gasteiger partial charge in [-0.3, -0.25) is 9.48 Å². The van der Waals surface area contributed by atoms with E-state index in [0.29, 0.717) is 24.8 Å². The van der Waals surface area contributed by atoms with E-state index in [4.69, 9.17) is 0 Å². The standard InChI is InChI=1S/C19H27N5O2/c1-13(2)24-9-14(7-20-24)16-10-23(8-15(16)12-25)19(26)17-11-22-6-4-3-5-18(22)21-17/h7,9,11,13,15-16,25H,3-6,8,10,12H2,1-2H3/t15-,16-/m0/s1. The Kier molecular flexibility index (Phi) is 4.56. The number of imidazole rings is 1. The van der Waals surface area contributed by atoms with Gasteiger partial charge in [-0.15, -0.1) is 0 Å². The summed E-state index contributed by atoms with van der Waals surface area (Å²) < 4.78 is 4.04. The Morgan fingerprint density at radius 2 is 2.15 bits per heavy atom. The van der Waals surface area contributed by atoms with E-state index in [0.717, 1.165) is 37.2 Å². The first-order chi connectivity index (χ1) is 12.6. The Bertz CT molecular complexity index is 770. The van der Waals surface area contributed by atoms with Crippen molar-refractivity contribution >= 4 is 5.91 Å². The molecule has 2 aromatic heterocycles. The fourth-order valence-electron chi connectivity index (χ4n) is 4.10. The first-order valence-corrected chi connectivity index (χ1v) is 9.57. The predicted molar refractivity (Wildman–Crippen MR) is 97.0 cm³/mol. The number of aliphatic hydroxyl groups excluding tert-OH is 1. The first kappa shape index (κ1) is 17.3. The molecule has 0 radical (unpaired) electrons. The van der Waals surface area contributed by atoms with Crippen LogP contribution < -0.4 is 0 Å². The monoisotopic (exact) mass is 357 g/mol. The van der Waals surface area contributed by atoms with E-state index < -0.39 is 0 Å². The summed E-state index contributed by atoms with van der Waals surface area (Å²) in [5.74, 6) is 1.16. The molecule has 2 atom stereocenters. The molecule has 26 heavy (non-hydrogen) atoms. The van der Waals surface area contributed by atoms with Crippen molar-refractivity contribution in [1.82, 2.24) is 24.2 Å². The number of hydrogen-bond donors (Lipinski definition) is 1. The van der Waals surface area contributed by atoms with Gasteiger partial charge >= 0.3 is 0 Å². The molecule has 0 unspecified atom stereocenters. The molecular weight excluding hydrogens is 330 g/mol. The molecule has 4 rings (SSSR count). The topological polar surface area (TPSA) is 76.2 Å². The number of aliphatic hydroxyl groups is 1. The van der Waals surface area contributed by atoms with Crippen LogP contribution in [0.3, 0.4) is 0 Å². The molecule has 0 aliphatic carbocycles. The van der Waals surface area contributed by atoms with Crippen LogP contribution in [0.5, 0.6) is 0 Å². The van der Waals surface area contributed by atoms with Crippen LogP contribution in [0.25, 0.3) is 0 Å². The van der Waals surface area contributed by atoms with Gasteiger partial charge in [-0.2, -0.15) is 5.10 Å². The summed E-state index contributed by atoms with van der Waals surface area (Å²) in [6, 6.07) is 0.298. The summed E-state index contributed by atoms with van der Waals surface area (Å²) in [5, 5.41) is 14.2. The van der Waals surface area contributed by atoms with Crippen molar-refractivity contribution in [1.29, 1.82) is 0 Å². The zero-order valence-corrected chi connectivity index (χ0v) is 15.5. The molecule has 2 aliphatic rings. The second-order valence-electron chi connectivity index (χ2n) is 7.80. The highest BCUT2D eigenvalue weighted by Gasteiger charge is 2.37. The normalized spacial score (nSPS) is 22.8. The fraction of sp³-hybridized carbons (Fsp3) is 0.632. The molecule has 1 saturated heterocycles. The summed E-state index contributed by atoms with van der Waals surface area (Å²) >= 11 is 0. The Morgan fingerprint density at radius 1 is 1.31 bits per heavy atom. The number of aryl methyl sites for hydroxylation is 2. The van der Waals surface area contributed by atoms with Crippen molar-refractivity contribution in [2.24, 2.45) is 5.92 Å². The van der Waals surface area contributed by atoms with E-state index in [-0.39, 0.29) is 24.3 Å². The minimum absolute atomic E-state index is 0.0240. The van der Waals surface area contributed by atoms with Gasteiger partial charge in [-0.1, -0.05) is 0 Å². The number of fused-ring (bicyclic) bond motifs is 1. The van der Waals surface area contributed by atoms with Crippen LogP contribution >= 0.6 is 0 Å². The molecule has 0 bridgehead atoms. The SMILES string of the molecule is CC(C)n1cc([C@@H]2CN(C(=O)c3cn4c(n3)CCCC4)C[C@H]2CO)cn1. The Labute approximate surface area is 153 Å². The molecular formula is C19H27N5O2. The van der Waals surface area contributed by atoms with Gasteiger partial charge in [0.2, 0.25) is 0 Å². The van der Waals surface area contributed by atoms with Crippen LogP contribution in [0.4, 0.5) is 0 Å². The lowest BCUT2D eigenvalue weighted by molar-refractivity contribution is 0.0776. The third-order valence-corrected chi connectivity index (χ3v) is 5.67. The number of likely N-dealkylation sites (tertiary alicyclic amines) is 1. The number of aromatic nitrogens is 4. The summed E-state index contributed by atoms with van der Waals surface area (Å²) in [7, 11) is 0. The summed E-state index contributed by atoms with van der Waals surface area (Å²) in [5.41, 5.74) is 1.63. The zero-order valence-electron chi connectivity index (χ0n) is 15.5. The number of nitrogens with zero attached hydrogens (tertiary/aromatic N) is 5. The van der Waals surface area contributed by atoms with Gasteiger partial charge in [0.1, 0.15) is 11.5 Å². The quantitative estimate of drug-likeness (QED) is 0.906. The fourth-order valence-corrected chi connectivity index (χ4v) is 4.10. The van der Waals surface area contributed by atoms with Gasteiger partial charge in [-0.25, -0.2) is 4.98 Å². The van der Waals surface area contributed by atoms with Gasteiger partial charge in [-0.05, 0) is 32.3 Å². The lowest BCUT2D eigenvalue weighted by atomic mass is 9.92. The minimum atomic E-state index is -0.0240. The number of rotatable bonds is 4. The maximum absolute atomic E-state index is 13.0. The van der Waals surface area contributed by atoms with E-state index in [2.05, 4.69) is 28.5 Å². The second-order valence-corrected chi connectivity index (χ2v) is 7.80. The molecule has 1 amide bonds. The lowest BCUT2D eigenvalue weighted by Gasteiger charge is -2.14. The largest absolute Gasteiger partial charge is 0.396 e. The van der Waals surface area contributed by atoms with Crippen molar-refractivity contribution in [2.75, 3.05) is 19.7 Å². The molecule has 0 spiro atoms. The molecule has 1 fully saturated rings. The highest BCUT2D eigenvalue weighted by Crippen LogP contribution is 2.33. The zero-order chi connectivity index (χ0) is 18.3. The van der Waals surface area contributed by atoms with Gasteiger partial charge in [0.25, 0.3) is 5.91 Å². The number of hydrogen-bond acceptors (Lipinski definition) is 4. The average Bonchev–Trinajstić information content (AvgIpc) is 3.36. The molecule has 2 aliphatic heterocycles. The smallest absolute Gasteiger partial charge is 0.274 e. The maximum Gasteiger partial charge on any atom is 0.274 e. The van der Waals surface area contributed by atoms with Crippen LogP contribution in [0, 0.1) is 5.92 Å². The molecule has 140 valence electrons. The average molecular weight is 357 g/mol. The third kappa shape index (κ3) is 3.05. The van der Waals surface area contributed by atoms with Gasteiger partial charge in [0, 0.05) is 62.9 Å². The Hall–Kier alpha value is -2.15. The molecule has 7 nitrogen and oxygen atoms in total. The molecule has 0 aromatic carbocycles. The van der Waals surface area contributed by atoms with Crippen LogP contribution in [0.1, 0.15) is 60.5 Å². The van der Waals surface area contributed by atoms with E-state index in [1.165, 1.54) is 0 Å². The highest BCUT2D eigenvalue weighted by molar-refractivity contribution is 5.92. The lowest BCUT2D eigenvalue weighted by Crippen LogP contribution is -2.29. The van der Waals surface area contributed by atoms with E-state index >= 15 is 0 Å². The van der Waals surface area contributed by atoms with E-state index in [1.807, 2.05) is 28.2 Å². The van der Waals surface area contributed by atoms with E-state index in [9.17, 15) is 9.90 Å². The van der Waals surface area contributed by atoms with Gasteiger partial charge < -0.3 is 14.6 Å². The molecule has 7 heteroatoms. The minimum Gasteiger partial charge on any atom is -0.396 e.